The van der Waals surface area contributed by atoms with Crippen LogP contribution in [-0.4, -0.2) is 45.0 Å². The second kappa shape index (κ2) is 9.12. The van der Waals surface area contributed by atoms with Crippen LogP contribution in [0.25, 0.3) is 10.9 Å². The Hall–Kier alpha value is -3.20. The van der Waals surface area contributed by atoms with Crippen LogP contribution in [0.3, 0.4) is 0 Å². The maximum absolute atomic E-state index is 11.4. The third-order valence-corrected chi connectivity index (χ3v) is 5.89. The number of nitrogens with zero attached hydrogens (tertiary/aromatic N) is 5. The smallest absolute Gasteiger partial charge is 0.228 e. The first kappa shape index (κ1) is 22.0. The molecule has 0 spiro atoms. The van der Waals surface area contributed by atoms with Crippen molar-refractivity contribution >= 4 is 46.1 Å². The predicted molar refractivity (Wildman–Crippen MR) is 127 cm³/mol. The van der Waals surface area contributed by atoms with Gasteiger partial charge in [0, 0.05) is 37.0 Å². The third kappa shape index (κ3) is 4.83. The Morgan fingerprint density at radius 1 is 1.22 bits per heavy atom. The van der Waals surface area contributed by atoms with Crippen molar-refractivity contribution < 1.29 is 4.79 Å². The van der Waals surface area contributed by atoms with E-state index in [2.05, 4.69) is 36.6 Å². The summed E-state index contributed by atoms with van der Waals surface area (Å²) in [5.74, 6) is 2.02. The second-order valence-electron chi connectivity index (χ2n) is 8.11. The summed E-state index contributed by atoms with van der Waals surface area (Å²) in [4.78, 5) is 31.2. The summed E-state index contributed by atoms with van der Waals surface area (Å²) >= 11 is 6.46. The average molecular weight is 455 g/mol. The maximum Gasteiger partial charge on any atom is 0.228 e. The number of aromatic nitrogens is 4. The van der Waals surface area contributed by atoms with Gasteiger partial charge in [-0.15, -0.1) is 0 Å². The zero-order valence-corrected chi connectivity index (χ0v) is 19.1. The Labute approximate surface area is 191 Å². The predicted octanol–water partition coefficient (Wildman–Crippen LogP) is 3.24. The van der Waals surface area contributed by atoms with Crippen LogP contribution in [0.1, 0.15) is 44.1 Å². The van der Waals surface area contributed by atoms with E-state index in [1.165, 1.54) is 0 Å². The van der Waals surface area contributed by atoms with Gasteiger partial charge in [-0.3, -0.25) is 4.79 Å². The van der Waals surface area contributed by atoms with Crippen molar-refractivity contribution in [2.24, 2.45) is 0 Å². The van der Waals surface area contributed by atoms with Gasteiger partial charge >= 0.3 is 0 Å². The molecule has 1 fully saturated rings. The van der Waals surface area contributed by atoms with Gasteiger partial charge in [-0.25, -0.2) is 4.98 Å². The second-order valence-corrected chi connectivity index (χ2v) is 8.51. The van der Waals surface area contributed by atoms with Crippen molar-refractivity contribution in [1.82, 2.24) is 25.3 Å². The minimum atomic E-state index is -0.143. The molecule has 0 radical (unpaired) electrons. The summed E-state index contributed by atoms with van der Waals surface area (Å²) in [6.45, 7) is 6.94. The molecule has 0 aliphatic carbocycles. The van der Waals surface area contributed by atoms with Crippen molar-refractivity contribution in [3.63, 3.8) is 0 Å². The lowest BCUT2D eigenvalue weighted by Gasteiger charge is -2.35. The number of fused-ring (bicyclic) bond motifs is 1. The van der Waals surface area contributed by atoms with E-state index in [1.54, 1.807) is 13.8 Å². The van der Waals surface area contributed by atoms with Gasteiger partial charge in [0.25, 0.3) is 0 Å². The Morgan fingerprint density at radius 3 is 2.66 bits per heavy atom. The summed E-state index contributed by atoms with van der Waals surface area (Å²) in [6, 6.07) is 7.92. The summed E-state index contributed by atoms with van der Waals surface area (Å²) < 4.78 is 0. The highest BCUT2D eigenvalue weighted by atomic mass is 35.5. The quantitative estimate of drug-likeness (QED) is 0.537. The first-order valence-corrected chi connectivity index (χ1v) is 11.0. The average Bonchev–Trinajstić information content (AvgIpc) is 2.72. The number of pyridine rings is 1. The number of hydrogen-bond acceptors (Lipinski definition) is 8. The van der Waals surface area contributed by atoms with E-state index in [0.717, 1.165) is 48.2 Å². The molecular weight excluding hydrogens is 428 g/mol. The van der Waals surface area contributed by atoms with E-state index in [-0.39, 0.29) is 23.9 Å². The normalized spacial score (nSPS) is 15.6. The number of hydrogen-bond donors (Lipinski definition) is 3. The fourth-order valence-corrected chi connectivity index (χ4v) is 4.33. The van der Waals surface area contributed by atoms with Gasteiger partial charge < -0.3 is 21.3 Å². The molecule has 1 aliphatic rings. The molecule has 1 aromatic carbocycles. The number of carbonyl (C=O) groups excluding carboxylic acids is 1. The topological polar surface area (TPSA) is 122 Å². The van der Waals surface area contributed by atoms with Crippen LogP contribution in [0, 0.1) is 6.92 Å². The molecule has 168 valence electrons. The molecular formula is C22H27ClN8O. The summed E-state index contributed by atoms with van der Waals surface area (Å²) in [7, 11) is 0. The number of halogens is 1. The van der Waals surface area contributed by atoms with Gasteiger partial charge in [0.1, 0.15) is 11.6 Å². The van der Waals surface area contributed by atoms with Gasteiger partial charge in [0.15, 0.2) is 0 Å². The van der Waals surface area contributed by atoms with E-state index >= 15 is 0 Å². The fraction of sp³-hybridized carbons (Fsp3) is 0.409. The Bertz CT molecular complexity index is 1130. The highest BCUT2D eigenvalue weighted by Crippen LogP contribution is 2.33. The Kier molecular flexibility index (Phi) is 6.27. The van der Waals surface area contributed by atoms with Crippen molar-refractivity contribution in [3.05, 3.63) is 40.7 Å². The number of piperidine rings is 1. The van der Waals surface area contributed by atoms with Crippen LogP contribution in [-0.2, 0) is 4.79 Å². The Balaban J connectivity index is 1.68. The third-order valence-electron chi connectivity index (χ3n) is 5.58. The molecule has 1 unspecified atom stereocenters. The molecule has 0 saturated carbocycles. The summed E-state index contributed by atoms with van der Waals surface area (Å²) in [5, 5.41) is 7.93. The molecule has 1 atom stereocenters. The molecule has 1 aliphatic heterocycles. The van der Waals surface area contributed by atoms with E-state index in [1.807, 2.05) is 25.1 Å². The standard InChI is InChI=1S/C22H27ClN8O/c1-12(25-22-27-13(2)26-21(24)30-22)17-11-15-5-4-6-18(23)19(15)29-20(17)31-9-7-16(8-10-31)28-14(3)32/h4-6,11-12,16H,7-10H2,1-3H3,(H,28,32)(H3,24,25,26,27,30). The number of amides is 1. The zero-order chi connectivity index (χ0) is 22.8. The van der Waals surface area contributed by atoms with E-state index < -0.39 is 0 Å². The molecule has 2 aromatic heterocycles. The van der Waals surface area contributed by atoms with Crippen LogP contribution >= 0.6 is 11.6 Å². The summed E-state index contributed by atoms with van der Waals surface area (Å²) in [5.41, 5.74) is 7.57. The molecule has 1 saturated heterocycles. The zero-order valence-electron chi connectivity index (χ0n) is 18.4. The number of nitrogens with one attached hydrogen (secondary N) is 2. The maximum atomic E-state index is 11.4. The van der Waals surface area contributed by atoms with Crippen LogP contribution in [0.15, 0.2) is 24.3 Å². The van der Waals surface area contributed by atoms with Crippen molar-refractivity contribution in [2.75, 3.05) is 29.0 Å². The number of carbonyl (C=O) groups is 1. The lowest BCUT2D eigenvalue weighted by atomic mass is 10.0. The molecule has 4 N–H and O–H groups in total. The highest BCUT2D eigenvalue weighted by Gasteiger charge is 2.25. The number of benzene rings is 1. The molecule has 3 heterocycles. The first-order valence-electron chi connectivity index (χ1n) is 10.7. The van der Waals surface area contributed by atoms with Gasteiger partial charge in [0.05, 0.1) is 16.6 Å². The van der Waals surface area contributed by atoms with Gasteiger partial charge in [-0.2, -0.15) is 15.0 Å². The van der Waals surface area contributed by atoms with E-state index in [4.69, 9.17) is 22.3 Å². The Morgan fingerprint density at radius 2 is 1.97 bits per heavy atom. The molecule has 32 heavy (non-hydrogen) atoms. The van der Waals surface area contributed by atoms with Gasteiger partial charge in [-0.05, 0) is 38.8 Å². The van der Waals surface area contributed by atoms with Crippen molar-refractivity contribution in [3.8, 4) is 0 Å². The molecule has 1 amide bonds. The fourth-order valence-electron chi connectivity index (χ4n) is 4.10. The van der Waals surface area contributed by atoms with Crippen LogP contribution in [0.4, 0.5) is 17.7 Å². The minimum absolute atomic E-state index is 0.00416. The molecule has 10 heteroatoms. The van der Waals surface area contributed by atoms with E-state index in [9.17, 15) is 4.79 Å². The van der Waals surface area contributed by atoms with Crippen LogP contribution in [0.5, 0.6) is 0 Å². The van der Waals surface area contributed by atoms with Crippen LogP contribution in [0.2, 0.25) is 5.02 Å². The number of rotatable bonds is 5. The van der Waals surface area contributed by atoms with Crippen molar-refractivity contribution in [2.45, 2.75) is 45.7 Å². The van der Waals surface area contributed by atoms with Crippen molar-refractivity contribution in [1.29, 1.82) is 0 Å². The lowest BCUT2D eigenvalue weighted by Crippen LogP contribution is -2.44. The number of nitrogen functional groups attached to an aromatic ring is 1. The number of para-hydroxylation sites is 1. The molecule has 4 rings (SSSR count). The highest BCUT2D eigenvalue weighted by molar-refractivity contribution is 6.35. The number of aryl methyl sites for hydroxylation is 1. The minimum Gasteiger partial charge on any atom is -0.368 e. The summed E-state index contributed by atoms with van der Waals surface area (Å²) in [6.07, 6.45) is 1.71. The number of nitrogens with two attached hydrogens (primary N) is 1. The first-order chi connectivity index (χ1) is 15.3. The van der Waals surface area contributed by atoms with Gasteiger partial charge in [-0.1, -0.05) is 23.7 Å². The largest absolute Gasteiger partial charge is 0.368 e. The number of anilines is 3. The molecule has 3 aromatic rings. The van der Waals surface area contributed by atoms with Gasteiger partial charge in [0.2, 0.25) is 17.8 Å². The molecule has 0 bridgehead atoms. The SMILES string of the molecule is CC(=O)NC1CCN(c2nc3c(Cl)cccc3cc2C(C)Nc2nc(C)nc(N)n2)CC1. The van der Waals surface area contributed by atoms with Crippen LogP contribution < -0.4 is 21.3 Å². The lowest BCUT2D eigenvalue weighted by molar-refractivity contribution is -0.119. The van der Waals surface area contributed by atoms with E-state index in [0.29, 0.717) is 16.8 Å². The monoisotopic (exact) mass is 454 g/mol. The molecule has 9 nitrogen and oxygen atoms in total.